The number of para-hydroxylation sites is 2. The quantitative estimate of drug-likeness (QED) is 0.608. The van der Waals surface area contributed by atoms with Gasteiger partial charge in [-0.25, -0.2) is 4.79 Å². The molecule has 3 rings (SSSR count). The number of imidazole rings is 1. The maximum atomic E-state index is 12.8. The largest absolute Gasteiger partial charge is 0.385 e. The third kappa shape index (κ3) is 5.04. The third-order valence-corrected chi connectivity index (χ3v) is 5.28. The van der Waals surface area contributed by atoms with Gasteiger partial charge >= 0.3 is 5.69 Å². The molecule has 2 heterocycles. The number of benzene rings is 1. The molecule has 1 aromatic heterocycles. The van der Waals surface area contributed by atoms with Crippen LogP contribution in [-0.2, 0) is 27.9 Å². The summed E-state index contributed by atoms with van der Waals surface area (Å²) in [6.07, 6.45) is 0.790. The molecule has 0 bridgehead atoms. The number of carbonyl (C=O) groups is 2. The molecule has 0 unspecified atom stereocenters. The number of nitrogens with zero attached hydrogens (tertiary/aromatic N) is 4. The Bertz CT molecular complexity index is 911. The molecule has 1 saturated heterocycles. The molecule has 2 amide bonds. The van der Waals surface area contributed by atoms with E-state index in [1.54, 1.807) is 23.6 Å². The van der Waals surface area contributed by atoms with Crippen LogP contribution in [0, 0.1) is 0 Å². The Labute approximate surface area is 169 Å². The third-order valence-electron chi connectivity index (χ3n) is 5.28. The first-order valence-corrected chi connectivity index (χ1v) is 9.91. The average molecular weight is 403 g/mol. The van der Waals surface area contributed by atoms with Crippen molar-refractivity contribution < 1.29 is 14.3 Å². The Kier molecular flexibility index (Phi) is 7.05. The van der Waals surface area contributed by atoms with Crippen molar-refractivity contribution in [3.63, 3.8) is 0 Å². The fraction of sp³-hybridized carbons (Fsp3) is 0.550. The normalized spacial score (nSPS) is 15.0. The number of hydrogen-bond donors (Lipinski definition) is 1. The predicted molar refractivity (Wildman–Crippen MR) is 110 cm³/mol. The highest BCUT2D eigenvalue weighted by atomic mass is 16.5. The number of piperazine rings is 1. The van der Waals surface area contributed by atoms with Gasteiger partial charge in [0.15, 0.2) is 0 Å². The standard InChI is InChI=1S/C20H29N5O4/c1-22-16-6-3-4-7-17(16)25(20(22)28)15-19(27)24-11-9-23(10-12-24)14-18(26)21-8-5-13-29-2/h3-4,6-7H,5,8-15H2,1-2H3,(H,21,26). The summed E-state index contributed by atoms with van der Waals surface area (Å²) in [7, 11) is 3.35. The molecule has 1 aliphatic rings. The van der Waals surface area contributed by atoms with Gasteiger partial charge in [0.1, 0.15) is 6.54 Å². The van der Waals surface area contributed by atoms with Crippen LogP contribution < -0.4 is 11.0 Å². The van der Waals surface area contributed by atoms with Gasteiger partial charge < -0.3 is 15.0 Å². The second-order valence-corrected chi connectivity index (χ2v) is 7.27. The van der Waals surface area contributed by atoms with E-state index in [9.17, 15) is 14.4 Å². The molecule has 0 aliphatic carbocycles. The Morgan fingerprint density at radius 3 is 2.45 bits per heavy atom. The van der Waals surface area contributed by atoms with Crippen LogP contribution in [0.25, 0.3) is 11.0 Å². The van der Waals surface area contributed by atoms with E-state index in [2.05, 4.69) is 5.32 Å². The molecule has 1 fully saturated rings. The second-order valence-electron chi connectivity index (χ2n) is 7.27. The van der Waals surface area contributed by atoms with Gasteiger partial charge in [0.25, 0.3) is 0 Å². The highest BCUT2D eigenvalue weighted by molar-refractivity contribution is 5.81. The zero-order valence-electron chi connectivity index (χ0n) is 17.1. The molecule has 2 aromatic rings. The number of fused-ring (bicyclic) bond motifs is 1. The first-order chi connectivity index (χ1) is 14.0. The SMILES string of the molecule is COCCCNC(=O)CN1CCN(C(=O)Cn2c(=O)n(C)c3ccccc32)CC1. The predicted octanol–water partition coefficient (Wildman–Crippen LogP) is -0.363. The number of methoxy groups -OCH3 is 1. The van der Waals surface area contributed by atoms with Crippen LogP contribution >= 0.6 is 0 Å². The molecule has 9 heteroatoms. The summed E-state index contributed by atoms with van der Waals surface area (Å²) in [5, 5.41) is 2.88. The van der Waals surface area contributed by atoms with Crippen molar-refractivity contribution in [2.75, 3.05) is 53.0 Å². The molecule has 29 heavy (non-hydrogen) atoms. The topological polar surface area (TPSA) is 88.8 Å². The van der Waals surface area contributed by atoms with Crippen molar-refractivity contribution in [2.24, 2.45) is 7.05 Å². The minimum Gasteiger partial charge on any atom is -0.385 e. The van der Waals surface area contributed by atoms with Gasteiger partial charge in [-0.15, -0.1) is 0 Å². The lowest BCUT2D eigenvalue weighted by atomic mass is 10.3. The van der Waals surface area contributed by atoms with Gasteiger partial charge in [-0.3, -0.25) is 23.6 Å². The smallest absolute Gasteiger partial charge is 0.329 e. The van der Waals surface area contributed by atoms with Crippen molar-refractivity contribution in [3.8, 4) is 0 Å². The molecule has 0 radical (unpaired) electrons. The van der Waals surface area contributed by atoms with E-state index in [0.29, 0.717) is 45.9 Å². The van der Waals surface area contributed by atoms with Crippen molar-refractivity contribution in [2.45, 2.75) is 13.0 Å². The molecule has 1 N–H and O–H groups in total. The maximum Gasteiger partial charge on any atom is 0.329 e. The van der Waals surface area contributed by atoms with E-state index >= 15 is 0 Å². The second kappa shape index (κ2) is 9.71. The molecule has 0 atom stereocenters. The fourth-order valence-electron chi connectivity index (χ4n) is 3.61. The highest BCUT2D eigenvalue weighted by Gasteiger charge is 2.23. The van der Waals surface area contributed by atoms with Crippen LogP contribution in [-0.4, -0.2) is 83.7 Å². The van der Waals surface area contributed by atoms with E-state index in [0.717, 1.165) is 17.5 Å². The summed E-state index contributed by atoms with van der Waals surface area (Å²) in [5.74, 6) is -0.0877. The van der Waals surface area contributed by atoms with E-state index < -0.39 is 0 Å². The first kappa shape index (κ1) is 21.1. The molecule has 158 valence electrons. The summed E-state index contributed by atoms with van der Waals surface area (Å²) < 4.78 is 8.05. The lowest BCUT2D eigenvalue weighted by molar-refractivity contribution is -0.133. The lowest BCUT2D eigenvalue weighted by Crippen LogP contribution is -2.52. The summed E-state index contributed by atoms with van der Waals surface area (Å²) >= 11 is 0. The molecule has 0 saturated carbocycles. The summed E-state index contributed by atoms with van der Waals surface area (Å²) in [4.78, 5) is 41.0. The summed E-state index contributed by atoms with van der Waals surface area (Å²) in [5.41, 5.74) is 1.38. The molecular weight excluding hydrogens is 374 g/mol. The van der Waals surface area contributed by atoms with Gasteiger partial charge in [-0.2, -0.15) is 0 Å². The number of aryl methyl sites for hydroxylation is 1. The van der Waals surface area contributed by atoms with Crippen molar-refractivity contribution in [1.29, 1.82) is 0 Å². The van der Waals surface area contributed by atoms with Gasteiger partial charge in [-0.05, 0) is 18.6 Å². The zero-order chi connectivity index (χ0) is 20.8. The van der Waals surface area contributed by atoms with Crippen molar-refractivity contribution in [1.82, 2.24) is 24.3 Å². The van der Waals surface area contributed by atoms with Gasteiger partial charge in [0.2, 0.25) is 11.8 Å². The van der Waals surface area contributed by atoms with Crippen molar-refractivity contribution >= 4 is 22.8 Å². The number of rotatable bonds is 8. The maximum absolute atomic E-state index is 12.8. The minimum absolute atomic E-state index is 0.0109. The molecule has 0 spiro atoms. The van der Waals surface area contributed by atoms with E-state index in [-0.39, 0.29) is 24.0 Å². The Morgan fingerprint density at radius 1 is 1.07 bits per heavy atom. The minimum atomic E-state index is -0.191. The van der Waals surface area contributed by atoms with E-state index in [1.165, 1.54) is 4.57 Å². The van der Waals surface area contributed by atoms with Crippen LogP contribution in [0.15, 0.2) is 29.1 Å². The van der Waals surface area contributed by atoms with E-state index in [1.807, 2.05) is 29.2 Å². The number of hydrogen-bond acceptors (Lipinski definition) is 5. The van der Waals surface area contributed by atoms with Crippen LogP contribution in [0.5, 0.6) is 0 Å². The molecule has 1 aliphatic heterocycles. The average Bonchev–Trinajstić information content (AvgIpc) is 2.97. The lowest BCUT2D eigenvalue weighted by Gasteiger charge is -2.34. The Hall–Kier alpha value is -2.65. The van der Waals surface area contributed by atoms with Crippen LogP contribution in [0.2, 0.25) is 0 Å². The van der Waals surface area contributed by atoms with Gasteiger partial charge in [-0.1, -0.05) is 12.1 Å². The van der Waals surface area contributed by atoms with Crippen molar-refractivity contribution in [3.05, 3.63) is 34.7 Å². The van der Waals surface area contributed by atoms with E-state index in [4.69, 9.17) is 4.74 Å². The monoisotopic (exact) mass is 403 g/mol. The number of ether oxygens (including phenoxy) is 1. The van der Waals surface area contributed by atoms with Crippen LogP contribution in [0.4, 0.5) is 0 Å². The van der Waals surface area contributed by atoms with Crippen LogP contribution in [0.1, 0.15) is 6.42 Å². The summed E-state index contributed by atoms with van der Waals surface area (Å²) in [6.45, 7) is 3.97. The van der Waals surface area contributed by atoms with Crippen LogP contribution in [0.3, 0.4) is 0 Å². The zero-order valence-corrected chi connectivity index (χ0v) is 17.1. The van der Waals surface area contributed by atoms with Gasteiger partial charge in [0, 0.05) is 53.5 Å². The highest BCUT2D eigenvalue weighted by Crippen LogP contribution is 2.12. The first-order valence-electron chi connectivity index (χ1n) is 9.91. The number of amides is 2. The molecule has 1 aromatic carbocycles. The number of carbonyl (C=O) groups excluding carboxylic acids is 2. The molecular formula is C20H29N5O4. The molecule has 9 nitrogen and oxygen atoms in total. The number of nitrogens with one attached hydrogen (secondary N) is 1. The Morgan fingerprint density at radius 2 is 1.76 bits per heavy atom. The van der Waals surface area contributed by atoms with Gasteiger partial charge in [0.05, 0.1) is 17.6 Å². The number of aromatic nitrogens is 2. The summed E-state index contributed by atoms with van der Waals surface area (Å²) in [6, 6.07) is 7.47. The Balaban J connectivity index is 1.50. The fourth-order valence-corrected chi connectivity index (χ4v) is 3.61.